The molecule has 0 heterocycles. The van der Waals surface area contributed by atoms with Crippen LogP contribution >= 0.6 is 0 Å². The lowest BCUT2D eigenvalue weighted by atomic mass is 10.1. The summed E-state index contributed by atoms with van der Waals surface area (Å²) in [6, 6.07) is 5.30. The first-order chi connectivity index (χ1) is 8.73. The molecular weight excluding hydrogens is 244 g/mol. The van der Waals surface area contributed by atoms with Crippen LogP contribution in [-0.2, 0) is 4.74 Å². The molecule has 0 radical (unpaired) electrons. The molecule has 1 aromatic carbocycles. The van der Waals surface area contributed by atoms with Crippen molar-refractivity contribution in [3.05, 3.63) is 23.8 Å². The van der Waals surface area contributed by atoms with Gasteiger partial charge in [0.1, 0.15) is 11.4 Å². The Morgan fingerprint density at radius 3 is 2.47 bits per heavy atom. The normalized spacial score (nSPS) is 12.7. The van der Waals surface area contributed by atoms with E-state index >= 15 is 0 Å². The topological polar surface area (TPSA) is 73.6 Å². The summed E-state index contributed by atoms with van der Waals surface area (Å²) in [5.74, 6) is 0.565. The SMILES string of the molecule is COc1ccc(C(C)N)cc1NC(=O)OC(C)(C)C. The Kier molecular flexibility index (Phi) is 4.78. The second-order valence-corrected chi connectivity index (χ2v) is 5.38. The third-order valence-electron chi connectivity index (χ3n) is 2.38. The number of amides is 1. The Bertz CT molecular complexity index is 450. The molecule has 0 saturated heterocycles. The minimum atomic E-state index is -0.546. The molecule has 0 saturated carbocycles. The van der Waals surface area contributed by atoms with Crippen LogP contribution in [0.3, 0.4) is 0 Å². The molecule has 1 atom stereocenters. The summed E-state index contributed by atoms with van der Waals surface area (Å²) in [7, 11) is 1.54. The van der Waals surface area contributed by atoms with Crippen molar-refractivity contribution in [2.75, 3.05) is 12.4 Å². The van der Waals surface area contributed by atoms with Crippen molar-refractivity contribution >= 4 is 11.8 Å². The second kappa shape index (κ2) is 5.93. The highest BCUT2D eigenvalue weighted by Crippen LogP contribution is 2.28. The van der Waals surface area contributed by atoms with Crippen molar-refractivity contribution in [2.24, 2.45) is 5.73 Å². The van der Waals surface area contributed by atoms with Crippen LogP contribution in [0, 0.1) is 0 Å². The van der Waals surface area contributed by atoms with Crippen molar-refractivity contribution in [2.45, 2.75) is 39.3 Å². The first-order valence-electron chi connectivity index (χ1n) is 6.16. The average molecular weight is 266 g/mol. The number of methoxy groups -OCH3 is 1. The minimum absolute atomic E-state index is 0.120. The molecule has 0 aliphatic carbocycles. The van der Waals surface area contributed by atoms with Crippen LogP contribution in [0.15, 0.2) is 18.2 Å². The molecular formula is C14H22N2O3. The molecule has 1 rings (SSSR count). The third-order valence-corrected chi connectivity index (χ3v) is 2.38. The van der Waals surface area contributed by atoms with Gasteiger partial charge >= 0.3 is 6.09 Å². The zero-order chi connectivity index (χ0) is 14.6. The first-order valence-corrected chi connectivity index (χ1v) is 6.16. The number of benzene rings is 1. The smallest absolute Gasteiger partial charge is 0.412 e. The van der Waals surface area contributed by atoms with E-state index in [0.717, 1.165) is 5.56 Å². The van der Waals surface area contributed by atoms with Crippen molar-refractivity contribution in [1.29, 1.82) is 0 Å². The largest absolute Gasteiger partial charge is 0.495 e. The van der Waals surface area contributed by atoms with E-state index in [1.54, 1.807) is 19.2 Å². The average Bonchev–Trinajstić information content (AvgIpc) is 2.26. The fourth-order valence-electron chi connectivity index (χ4n) is 1.52. The Morgan fingerprint density at radius 1 is 1.37 bits per heavy atom. The van der Waals surface area contributed by atoms with Gasteiger partial charge in [0.2, 0.25) is 0 Å². The van der Waals surface area contributed by atoms with E-state index in [1.165, 1.54) is 0 Å². The predicted octanol–water partition coefficient (Wildman–Crippen LogP) is 3.06. The Balaban J connectivity index is 2.92. The molecule has 1 aromatic rings. The van der Waals surface area contributed by atoms with E-state index in [0.29, 0.717) is 11.4 Å². The number of carbonyl (C=O) groups is 1. The summed E-state index contributed by atoms with van der Waals surface area (Å²) in [5.41, 5.74) is 6.73. The van der Waals surface area contributed by atoms with Crippen molar-refractivity contribution in [1.82, 2.24) is 0 Å². The van der Waals surface area contributed by atoms with E-state index in [1.807, 2.05) is 33.8 Å². The summed E-state index contributed by atoms with van der Waals surface area (Å²) in [5, 5.41) is 2.67. The number of rotatable bonds is 3. The van der Waals surface area contributed by atoms with Crippen molar-refractivity contribution in [3.63, 3.8) is 0 Å². The lowest BCUT2D eigenvalue weighted by Gasteiger charge is -2.20. The van der Waals surface area contributed by atoms with Crippen LogP contribution in [0.5, 0.6) is 5.75 Å². The second-order valence-electron chi connectivity index (χ2n) is 5.38. The van der Waals surface area contributed by atoms with Gasteiger partial charge in [0, 0.05) is 6.04 Å². The Morgan fingerprint density at radius 2 is 2.00 bits per heavy atom. The number of carbonyl (C=O) groups excluding carboxylic acids is 1. The molecule has 0 aliphatic heterocycles. The van der Waals surface area contributed by atoms with Crippen LogP contribution in [0.4, 0.5) is 10.5 Å². The van der Waals surface area contributed by atoms with Gasteiger partial charge in [0.25, 0.3) is 0 Å². The van der Waals surface area contributed by atoms with Crippen LogP contribution in [0.2, 0.25) is 0 Å². The molecule has 1 amide bonds. The summed E-state index contributed by atoms with van der Waals surface area (Å²) >= 11 is 0. The van der Waals surface area contributed by atoms with Gasteiger partial charge in [-0.25, -0.2) is 4.79 Å². The number of anilines is 1. The predicted molar refractivity (Wildman–Crippen MR) is 75.5 cm³/mol. The molecule has 0 aliphatic rings. The Hall–Kier alpha value is -1.75. The molecule has 0 bridgehead atoms. The highest BCUT2D eigenvalue weighted by atomic mass is 16.6. The molecule has 0 aromatic heterocycles. The van der Waals surface area contributed by atoms with Gasteiger partial charge in [-0.2, -0.15) is 0 Å². The lowest BCUT2D eigenvalue weighted by molar-refractivity contribution is 0.0635. The molecule has 0 spiro atoms. The van der Waals surface area contributed by atoms with Crippen molar-refractivity contribution < 1.29 is 14.3 Å². The number of hydrogen-bond donors (Lipinski definition) is 2. The number of nitrogens with two attached hydrogens (primary N) is 1. The number of nitrogens with one attached hydrogen (secondary N) is 1. The fourth-order valence-corrected chi connectivity index (χ4v) is 1.52. The molecule has 19 heavy (non-hydrogen) atoms. The third kappa shape index (κ3) is 4.79. The van der Waals surface area contributed by atoms with E-state index < -0.39 is 11.7 Å². The summed E-state index contributed by atoms with van der Waals surface area (Å²) in [6.45, 7) is 7.30. The zero-order valence-electron chi connectivity index (χ0n) is 12.1. The standard InChI is InChI=1S/C14H22N2O3/c1-9(15)10-6-7-12(18-5)11(8-10)16-13(17)19-14(2,3)4/h6-9H,15H2,1-5H3,(H,16,17). The summed E-state index contributed by atoms with van der Waals surface area (Å²) in [4.78, 5) is 11.8. The van der Waals surface area contributed by atoms with Gasteiger partial charge in [-0.1, -0.05) is 6.07 Å². The van der Waals surface area contributed by atoms with Crippen molar-refractivity contribution in [3.8, 4) is 5.75 Å². The van der Waals surface area contributed by atoms with Crippen LogP contribution in [-0.4, -0.2) is 18.8 Å². The van der Waals surface area contributed by atoms with Gasteiger partial charge in [-0.15, -0.1) is 0 Å². The number of hydrogen-bond acceptors (Lipinski definition) is 4. The quantitative estimate of drug-likeness (QED) is 0.881. The summed E-state index contributed by atoms with van der Waals surface area (Å²) in [6.07, 6.45) is -0.521. The molecule has 5 nitrogen and oxygen atoms in total. The van der Waals surface area contributed by atoms with Gasteiger partial charge in [0.05, 0.1) is 12.8 Å². The fraction of sp³-hybridized carbons (Fsp3) is 0.500. The number of ether oxygens (including phenoxy) is 2. The van der Waals surface area contributed by atoms with Gasteiger partial charge in [-0.05, 0) is 45.4 Å². The maximum atomic E-state index is 11.8. The highest BCUT2D eigenvalue weighted by molar-refractivity contribution is 5.87. The molecule has 1 unspecified atom stereocenters. The molecule has 0 fully saturated rings. The molecule has 106 valence electrons. The maximum absolute atomic E-state index is 11.8. The first kappa shape index (κ1) is 15.3. The zero-order valence-corrected chi connectivity index (χ0v) is 12.1. The van der Waals surface area contributed by atoms with Crippen LogP contribution in [0.25, 0.3) is 0 Å². The van der Waals surface area contributed by atoms with Gasteiger partial charge < -0.3 is 15.2 Å². The van der Waals surface area contributed by atoms with E-state index in [2.05, 4.69) is 5.32 Å². The summed E-state index contributed by atoms with van der Waals surface area (Å²) < 4.78 is 10.4. The minimum Gasteiger partial charge on any atom is -0.495 e. The Labute approximate surface area is 114 Å². The van der Waals surface area contributed by atoms with E-state index in [9.17, 15) is 4.79 Å². The molecule has 3 N–H and O–H groups in total. The highest BCUT2D eigenvalue weighted by Gasteiger charge is 2.18. The van der Waals surface area contributed by atoms with Gasteiger partial charge in [-0.3, -0.25) is 5.32 Å². The van der Waals surface area contributed by atoms with E-state index in [-0.39, 0.29) is 6.04 Å². The molecule has 5 heteroatoms. The van der Waals surface area contributed by atoms with Crippen LogP contribution in [0.1, 0.15) is 39.3 Å². The van der Waals surface area contributed by atoms with E-state index in [4.69, 9.17) is 15.2 Å². The maximum Gasteiger partial charge on any atom is 0.412 e. The lowest BCUT2D eigenvalue weighted by Crippen LogP contribution is -2.27. The van der Waals surface area contributed by atoms with Crippen LogP contribution < -0.4 is 15.8 Å². The monoisotopic (exact) mass is 266 g/mol. The van der Waals surface area contributed by atoms with Gasteiger partial charge in [0.15, 0.2) is 0 Å².